The van der Waals surface area contributed by atoms with Gasteiger partial charge in [-0.05, 0) is 24.3 Å². The van der Waals surface area contributed by atoms with E-state index in [0.29, 0.717) is 28.7 Å². The van der Waals surface area contributed by atoms with Gasteiger partial charge in [-0.2, -0.15) is 9.67 Å². The molecule has 1 aromatic heterocycles. The van der Waals surface area contributed by atoms with E-state index in [-0.39, 0.29) is 17.5 Å². The summed E-state index contributed by atoms with van der Waals surface area (Å²) in [5, 5.41) is 7.14. The first-order chi connectivity index (χ1) is 14.0. The predicted molar refractivity (Wildman–Crippen MR) is 107 cm³/mol. The molecule has 0 amide bonds. The molecule has 3 aromatic rings. The van der Waals surface area contributed by atoms with Gasteiger partial charge in [-0.1, -0.05) is 6.07 Å². The van der Waals surface area contributed by atoms with Crippen molar-refractivity contribution < 1.29 is 23.7 Å². The highest BCUT2D eigenvalue weighted by atomic mass is 16.5. The lowest BCUT2D eigenvalue weighted by Gasteiger charge is -2.13. The van der Waals surface area contributed by atoms with Gasteiger partial charge in [0.1, 0.15) is 5.75 Å². The van der Waals surface area contributed by atoms with Crippen LogP contribution >= 0.6 is 0 Å². The number of nitrogens with zero attached hydrogens (tertiary/aromatic N) is 3. The Morgan fingerprint density at radius 2 is 1.69 bits per heavy atom. The summed E-state index contributed by atoms with van der Waals surface area (Å²) < 4.78 is 22.0. The standard InChI is InChI=1S/C19H21N5O5/c1-26-13-7-5-6-12(10-13)21-19-22-18(20)24(23-19)17(25)11-8-14(27-2)16(29-4)15(9-11)28-3/h5-10H,1-4H3,(H3,20,21,22,23). The van der Waals surface area contributed by atoms with Crippen LogP contribution in [-0.4, -0.2) is 49.1 Å². The molecule has 0 aliphatic heterocycles. The molecule has 152 valence electrons. The van der Waals surface area contributed by atoms with E-state index in [1.54, 1.807) is 25.3 Å². The minimum absolute atomic E-state index is 0.0749. The van der Waals surface area contributed by atoms with Crippen LogP contribution in [0.3, 0.4) is 0 Å². The topological polar surface area (TPSA) is 123 Å². The molecular formula is C19H21N5O5. The molecule has 29 heavy (non-hydrogen) atoms. The van der Waals surface area contributed by atoms with E-state index < -0.39 is 5.91 Å². The van der Waals surface area contributed by atoms with Gasteiger partial charge in [0.2, 0.25) is 17.6 Å². The first kappa shape index (κ1) is 19.8. The Balaban J connectivity index is 1.92. The molecule has 0 aliphatic rings. The second-order valence-electron chi connectivity index (χ2n) is 5.78. The zero-order valence-corrected chi connectivity index (χ0v) is 16.4. The number of nitrogens with one attached hydrogen (secondary N) is 1. The quantitative estimate of drug-likeness (QED) is 0.616. The molecule has 0 aliphatic carbocycles. The molecule has 1 heterocycles. The third-order valence-corrected chi connectivity index (χ3v) is 4.06. The van der Waals surface area contributed by atoms with Crippen LogP contribution in [-0.2, 0) is 0 Å². The Morgan fingerprint density at radius 1 is 1.00 bits per heavy atom. The summed E-state index contributed by atoms with van der Waals surface area (Å²) in [4.78, 5) is 17.0. The molecule has 0 bridgehead atoms. The summed E-state index contributed by atoms with van der Waals surface area (Å²) in [7, 11) is 5.98. The summed E-state index contributed by atoms with van der Waals surface area (Å²) in [5.74, 6) is 1.29. The van der Waals surface area contributed by atoms with Crippen molar-refractivity contribution in [3.05, 3.63) is 42.0 Å². The number of carbonyl (C=O) groups is 1. The van der Waals surface area contributed by atoms with E-state index in [1.165, 1.54) is 33.5 Å². The Labute approximate surface area is 167 Å². The van der Waals surface area contributed by atoms with Gasteiger partial charge in [-0.3, -0.25) is 4.79 Å². The molecular weight excluding hydrogens is 378 g/mol. The average Bonchev–Trinajstić information content (AvgIpc) is 3.11. The maximum Gasteiger partial charge on any atom is 0.281 e. The monoisotopic (exact) mass is 399 g/mol. The molecule has 0 fully saturated rings. The van der Waals surface area contributed by atoms with Gasteiger partial charge in [0, 0.05) is 17.3 Å². The van der Waals surface area contributed by atoms with E-state index in [0.717, 1.165) is 4.68 Å². The van der Waals surface area contributed by atoms with Crippen molar-refractivity contribution in [3.8, 4) is 23.0 Å². The number of anilines is 3. The lowest BCUT2D eigenvalue weighted by Crippen LogP contribution is -2.17. The second-order valence-corrected chi connectivity index (χ2v) is 5.78. The Hall–Kier alpha value is -3.95. The van der Waals surface area contributed by atoms with E-state index in [1.807, 2.05) is 6.07 Å². The van der Waals surface area contributed by atoms with Crippen molar-refractivity contribution in [2.75, 3.05) is 39.5 Å². The molecule has 3 rings (SSSR count). The molecule has 0 unspecified atom stereocenters. The van der Waals surface area contributed by atoms with E-state index in [9.17, 15) is 4.79 Å². The number of nitrogen functional groups attached to an aromatic ring is 1. The maximum absolute atomic E-state index is 13.0. The number of nitrogens with two attached hydrogens (primary N) is 1. The molecule has 0 spiro atoms. The number of ether oxygens (including phenoxy) is 4. The number of carbonyl (C=O) groups excluding carboxylic acids is 1. The summed E-state index contributed by atoms with van der Waals surface area (Å²) in [6.07, 6.45) is 0. The minimum atomic E-state index is -0.507. The normalized spacial score (nSPS) is 10.3. The molecule has 0 saturated carbocycles. The molecule has 3 N–H and O–H groups in total. The minimum Gasteiger partial charge on any atom is -0.497 e. The average molecular weight is 399 g/mol. The van der Waals surface area contributed by atoms with Crippen LogP contribution in [0.25, 0.3) is 0 Å². The highest BCUT2D eigenvalue weighted by molar-refractivity contribution is 5.98. The number of aromatic nitrogens is 3. The molecule has 2 aromatic carbocycles. The van der Waals surface area contributed by atoms with Crippen molar-refractivity contribution in [1.82, 2.24) is 14.8 Å². The highest BCUT2D eigenvalue weighted by Crippen LogP contribution is 2.38. The number of hydrogen-bond donors (Lipinski definition) is 2. The summed E-state index contributed by atoms with van der Waals surface area (Å²) in [6.45, 7) is 0. The fraction of sp³-hybridized carbons (Fsp3) is 0.211. The van der Waals surface area contributed by atoms with Crippen LogP contribution in [0.5, 0.6) is 23.0 Å². The van der Waals surface area contributed by atoms with E-state index in [4.69, 9.17) is 24.7 Å². The number of hydrogen-bond acceptors (Lipinski definition) is 9. The van der Waals surface area contributed by atoms with Crippen molar-refractivity contribution in [2.45, 2.75) is 0 Å². The maximum atomic E-state index is 13.0. The fourth-order valence-electron chi connectivity index (χ4n) is 2.68. The van der Waals surface area contributed by atoms with Crippen LogP contribution in [0.2, 0.25) is 0 Å². The van der Waals surface area contributed by atoms with Crippen LogP contribution in [0, 0.1) is 0 Å². The van der Waals surface area contributed by atoms with Gasteiger partial charge < -0.3 is 30.0 Å². The van der Waals surface area contributed by atoms with Crippen molar-refractivity contribution in [3.63, 3.8) is 0 Å². The molecule has 0 saturated heterocycles. The first-order valence-corrected chi connectivity index (χ1v) is 8.49. The van der Waals surface area contributed by atoms with Gasteiger partial charge >= 0.3 is 0 Å². The van der Waals surface area contributed by atoms with Crippen LogP contribution < -0.4 is 30.0 Å². The summed E-state index contributed by atoms with van der Waals surface area (Å²) in [5.41, 5.74) is 6.83. The first-order valence-electron chi connectivity index (χ1n) is 8.49. The summed E-state index contributed by atoms with van der Waals surface area (Å²) in [6, 6.07) is 10.2. The van der Waals surface area contributed by atoms with Gasteiger partial charge in [-0.25, -0.2) is 0 Å². The molecule has 10 heteroatoms. The molecule has 0 atom stereocenters. The SMILES string of the molecule is COc1cccc(Nc2nc(N)n(C(=O)c3cc(OC)c(OC)c(OC)c3)n2)c1. The second kappa shape index (κ2) is 8.38. The fourth-order valence-corrected chi connectivity index (χ4v) is 2.68. The van der Waals surface area contributed by atoms with E-state index >= 15 is 0 Å². The third kappa shape index (κ3) is 4.00. The molecule has 10 nitrogen and oxygen atoms in total. The summed E-state index contributed by atoms with van der Waals surface area (Å²) >= 11 is 0. The van der Waals surface area contributed by atoms with Crippen molar-refractivity contribution in [2.24, 2.45) is 0 Å². The Bertz CT molecular complexity index is 1010. The number of methoxy groups -OCH3 is 4. The van der Waals surface area contributed by atoms with Crippen molar-refractivity contribution >= 4 is 23.5 Å². The van der Waals surface area contributed by atoms with Gasteiger partial charge in [0.05, 0.1) is 28.4 Å². The number of benzene rings is 2. The number of rotatable bonds is 7. The van der Waals surface area contributed by atoms with Gasteiger partial charge in [-0.15, -0.1) is 5.10 Å². The Morgan fingerprint density at radius 3 is 2.28 bits per heavy atom. The highest BCUT2D eigenvalue weighted by Gasteiger charge is 2.21. The molecule has 0 radical (unpaired) electrons. The zero-order valence-electron chi connectivity index (χ0n) is 16.4. The van der Waals surface area contributed by atoms with Crippen LogP contribution in [0.15, 0.2) is 36.4 Å². The zero-order chi connectivity index (χ0) is 21.0. The van der Waals surface area contributed by atoms with E-state index in [2.05, 4.69) is 15.4 Å². The van der Waals surface area contributed by atoms with Gasteiger partial charge in [0.25, 0.3) is 5.91 Å². The lowest BCUT2D eigenvalue weighted by atomic mass is 10.1. The van der Waals surface area contributed by atoms with Crippen LogP contribution in [0.1, 0.15) is 10.4 Å². The largest absolute Gasteiger partial charge is 0.497 e. The smallest absolute Gasteiger partial charge is 0.281 e. The van der Waals surface area contributed by atoms with Crippen LogP contribution in [0.4, 0.5) is 17.6 Å². The Kier molecular flexibility index (Phi) is 5.72. The predicted octanol–water partition coefficient (Wildman–Crippen LogP) is 2.33. The van der Waals surface area contributed by atoms with Gasteiger partial charge in [0.15, 0.2) is 11.5 Å². The lowest BCUT2D eigenvalue weighted by molar-refractivity contribution is 0.0947. The van der Waals surface area contributed by atoms with Crippen molar-refractivity contribution in [1.29, 1.82) is 0 Å². The third-order valence-electron chi connectivity index (χ3n) is 4.06.